The molecule has 0 unspecified atom stereocenters. The number of carbonyl (C=O) groups is 1. The fraction of sp³-hybridized carbons (Fsp3) is 0.632. The summed E-state index contributed by atoms with van der Waals surface area (Å²) in [5.41, 5.74) is -0.0788. The lowest BCUT2D eigenvalue weighted by Gasteiger charge is -2.50. The molecule has 0 radical (unpaired) electrons. The molecular weight excluding hydrogens is 304 g/mol. The molecule has 0 bridgehead atoms. The Bertz CT molecular complexity index is 547. The summed E-state index contributed by atoms with van der Waals surface area (Å²) >= 11 is 0. The van der Waals surface area contributed by atoms with Crippen LogP contribution < -0.4 is 0 Å². The van der Waals surface area contributed by atoms with E-state index in [2.05, 4.69) is 12.1 Å². The number of hydrogen-bond acceptors (Lipinski definition) is 4. The molecule has 1 atom stereocenters. The van der Waals surface area contributed by atoms with Crippen LogP contribution in [-0.4, -0.2) is 66.8 Å². The standard InChI is InChI=1S/C19H30N2O3/c1-18(2)14-21(11-10-19(18,23)15-24-4)17(22)13-20(3)12-16-8-6-5-7-9-16/h5-9,23H,10-15H2,1-4H3/t19-/m1/s1. The Morgan fingerprint density at radius 1 is 1.33 bits per heavy atom. The highest BCUT2D eigenvalue weighted by Gasteiger charge is 2.48. The van der Waals surface area contributed by atoms with Gasteiger partial charge < -0.3 is 14.7 Å². The van der Waals surface area contributed by atoms with E-state index in [-0.39, 0.29) is 5.91 Å². The number of rotatable bonds is 6. The molecule has 5 nitrogen and oxygen atoms in total. The van der Waals surface area contributed by atoms with Crippen LogP contribution in [0, 0.1) is 5.41 Å². The van der Waals surface area contributed by atoms with Gasteiger partial charge in [0.15, 0.2) is 0 Å². The number of carbonyl (C=O) groups excluding carboxylic acids is 1. The first-order valence-electron chi connectivity index (χ1n) is 8.49. The lowest BCUT2D eigenvalue weighted by atomic mass is 9.70. The van der Waals surface area contributed by atoms with Gasteiger partial charge in [-0.1, -0.05) is 44.2 Å². The second-order valence-corrected chi connectivity index (χ2v) is 7.57. The van der Waals surface area contributed by atoms with Crippen molar-refractivity contribution in [2.75, 3.05) is 40.4 Å². The average molecular weight is 334 g/mol. The van der Waals surface area contributed by atoms with Gasteiger partial charge in [0.25, 0.3) is 0 Å². The van der Waals surface area contributed by atoms with Gasteiger partial charge in [-0.3, -0.25) is 9.69 Å². The number of piperidine rings is 1. The fourth-order valence-corrected chi connectivity index (χ4v) is 3.36. The number of amides is 1. The number of benzene rings is 1. The van der Waals surface area contributed by atoms with E-state index < -0.39 is 11.0 Å². The van der Waals surface area contributed by atoms with Crippen molar-refractivity contribution >= 4 is 5.91 Å². The van der Waals surface area contributed by atoms with Crippen LogP contribution in [0.15, 0.2) is 30.3 Å². The van der Waals surface area contributed by atoms with Gasteiger partial charge in [-0.05, 0) is 19.0 Å². The van der Waals surface area contributed by atoms with E-state index in [4.69, 9.17) is 4.74 Å². The van der Waals surface area contributed by atoms with Crippen LogP contribution in [0.1, 0.15) is 25.8 Å². The first-order valence-corrected chi connectivity index (χ1v) is 8.49. The number of likely N-dealkylation sites (tertiary alicyclic amines) is 1. The Morgan fingerprint density at radius 2 is 2.00 bits per heavy atom. The number of nitrogens with zero attached hydrogens (tertiary/aromatic N) is 2. The Morgan fingerprint density at radius 3 is 2.58 bits per heavy atom. The van der Waals surface area contributed by atoms with E-state index in [1.54, 1.807) is 7.11 Å². The maximum Gasteiger partial charge on any atom is 0.236 e. The van der Waals surface area contributed by atoms with E-state index in [1.165, 1.54) is 5.56 Å². The van der Waals surface area contributed by atoms with Crippen molar-refractivity contribution in [1.29, 1.82) is 0 Å². The van der Waals surface area contributed by atoms with Crippen molar-refractivity contribution in [3.05, 3.63) is 35.9 Å². The van der Waals surface area contributed by atoms with Gasteiger partial charge in [0.05, 0.1) is 18.8 Å². The van der Waals surface area contributed by atoms with E-state index >= 15 is 0 Å². The van der Waals surface area contributed by atoms with Crippen LogP contribution >= 0.6 is 0 Å². The normalized spacial score (nSPS) is 23.5. The van der Waals surface area contributed by atoms with E-state index in [0.717, 1.165) is 6.54 Å². The SMILES string of the molecule is COC[C@]1(O)CCN(C(=O)CN(C)Cc2ccccc2)CC1(C)C. The number of ether oxygens (including phenoxy) is 1. The smallest absolute Gasteiger partial charge is 0.236 e. The molecular formula is C19H30N2O3. The zero-order chi connectivity index (χ0) is 17.8. The highest BCUT2D eigenvalue weighted by molar-refractivity contribution is 5.78. The van der Waals surface area contributed by atoms with Crippen molar-refractivity contribution in [1.82, 2.24) is 9.80 Å². The van der Waals surface area contributed by atoms with Gasteiger partial charge in [-0.2, -0.15) is 0 Å². The summed E-state index contributed by atoms with van der Waals surface area (Å²) in [5, 5.41) is 10.8. The summed E-state index contributed by atoms with van der Waals surface area (Å²) in [7, 11) is 3.56. The molecule has 2 rings (SSSR count). The molecule has 0 saturated carbocycles. The number of hydrogen-bond donors (Lipinski definition) is 1. The van der Waals surface area contributed by atoms with E-state index in [1.807, 2.05) is 48.9 Å². The molecule has 1 aliphatic heterocycles. The van der Waals surface area contributed by atoms with Crippen LogP contribution in [-0.2, 0) is 16.1 Å². The zero-order valence-electron chi connectivity index (χ0n) is 15.3. The first-order chi connectivity index (χ1) is 11.3. The van der Waals surface area contributed by atoms with Crippen LogP contribution in [0.5, 0.6) is 0 Å². The van der Waals surface area contributed by atoms with E-state index in [0.29, 0.717) is 32.7 Å². The minimum Gasteiger partial charge on any atom is -0.387 e. The molecule has 1 aromatic rings. The minimum absolute atomic E-state index is 0.112. The average Bonchev–Trinajstić information content (AvgIpc) is 2.51. The van der Waals surface area contributed by atoms with Gasteiger partial charge in [-0.15, -0.1) is 0 Å². The molecule has 134 valence electrons. The van der Waals surface area contributed by atoms with Crippen molar-refractivity contribution < 1.29 is 14.6 Å². The second kappa shape index (κ2) is 7.64. The van der Waals surface area contributed by atoms with E-state index in [9.17, 15) is 9.90 Å². The van der Waals surface area contributed by atoms with Crippen molar-refractivity contribution in [2.45, 2.75) is 32.4 Å². The minimum atomic E-state index is -0.880. The van der Waals surface area contributed by atoms with Gasteiger partial charge in [0, 0.05) is 32.2 Å². The number of aliphatic hydroxyl groups is 1. The lowest BCUT2D eigenvalue weighted by Crippen LogP contribution is -2.61. The summed E-state index contributed by atoms with van der Waals surface area (Å²) in [6.45, 7) is 6.55. The quantitative estimate of drug-likeness (QED) is 0.861. The summed E-state index contributed by atoms with van der Waals surface area (Å²) in [6, 6.07) is 10.1. The van der Waals surface area contributed by atoms with Crippen molar-refractivity contribution in [3.8, 4) is 0 Å². The summed E-state index contributed by atoms with van der Waals surface area (Å²) in [5.74, 6) is 0.112. The number of methoxy groups -OCH3 is 1. The van der Waals surface area contributed by atoms with Gasteiger partial charge in [-0.25, -0.2) is 0 Å². The molecule has 1 fully saturated rings. The first kappa shape index (κ1) is 18.9. The zero-order valence-corrected chi connectivity index (χ0v) is 15.3. The van der Waals surface area contributed by atoms with Gasteiger partial charge >= 0.3 is 0 Å². The molecule has 1 aliphatic rings. The molecule has 0 aliphatic carbocycles. The lowest BCUT2D eigenvalue weighted by molar-refractivity contribution is -0.164. The van der Waals surface area contributed by atoms with Gasteiger partial charge in [0.2, 0.25) is 5.91 Å². The Hall–Kier alpha value is -1.43. The Kier molecular flexibility index (Phi) is 6.01. The molecule has 1 saturated heterocycles. The van der Waals surface area contributed by atoms with Crippen LogP contribution in [0.2, 0.25) is 0 Å². The predicted molar refractivity (Wildman–Crippen MR) is 94.6 cm³/mol. The largest absolute Gasteiger partial charge is 0.387 e. The van der Waals surface area contributed by atoms with Crippen LogP contribution in [0.4, 0.5) is 0 Å². The van der Waals surface area contributed by atoms with Crippen molar-refractivity contribution in [2.24, 2.45) is 5.41 Å². The predicted octanol–water partition coefficient (Wildman–Crippen LogP) is 1.75. The Balaban J connectivity index is 1.91. The molecule has 24 heavy (non-hydrogen) atoms. The third kappa shape index (κ3) is 4.35. The molecule has 1 aromatic carbocycles. The maximum atomic E-state index is 12.6. The van der Waals surface area contributed by atoms with Gasteiger partial charge in [0.1, 0.15) is 0 Å². The van der Waals surface area contributed by atoms with Crippen LogP contribution in [0.3, 0.4) is 0 Å². The van der Waals surface area contributed by atoms with Crippen LogP contribution in [0.25, 0.3) is 0 Å². The molecule has 1 N–H and O–H groups in total. The van der Waals surface area contributed by atoms with Crippen molar-refractivity contribution in [3.63, 3.8) is 0 Å². The summed E-state index contributed by atoms with van der Waals surface area (Å²) < 4.78 is 5.18. The summed E-state index contributed by atoms with van der Waals surface area (Å²) in [6.07, 6.45) is 0.544. The Labute approximate surface area is 145 Å². The molecule has 1 heterocycles. The molecule has 0 spiro atoms. The monoisotopic (exact) mass is 334 g/mol. The fourth-order valence-electron chi connectivity index (χ4n) is 3.36. The number of likely N-dealkylation sites (N-methyl/N-ethyl adjacent to an activating group) is 1. The third-order valence-electron chi connectivity index (χ3n) is 5.08. The highest BCUT2D eigenvalue weighted by Crippen LogP contribution is 2.38. The highest BCUT2D eigenvalue weighted by atomic mass is 16.5. The topological polar surface area (TPSA) is 53.0 Å². The second-order valence-electron chi connectivity index (χ2n) is 7.57. The maximum absolute atomic E-state index is 12.6. The third-order valence-corrected chi connectivity index (χ3v) is 5.08. The summed E-state index contributed by atoms with van der Waals surface area (Å²) in [4.78, 5) is 16.5. The molecule has 0 aromatic heterocycles. The molecule has 1 amide bonds. The molecule has 5 heteroatoms.